The zero-order valence-electron chi connectivity index (χ0n) is 14.0. The molecule has 0 radical (unpaired) electrons. The molecule has 0 aliphatic rings. The predicted octanol–water partition coefficient (Wildman–Crippen LogP) is 3.06. The topological polar surface area (TPSA) is 76.7 Å². The SMILES string of the molecule is CCNC(=O)COc1ccc(NC(=O)c2ccc(OC(F)F)cc2)cc1. The number of amides is 2. The third kappa shape index (κ3) is 6.04. The van der Waals surface area contributed by atoms with E-state index in [1.165, 1.54) is 24.3 Å². The highest BCUT2D eigenvalue weighted by atomic mass is 19.3. The zero-order chi connectivity index (χ0) is 18.9. The second-order valence-electron chi connectivity index (χ2n) is 5.12. The molecule has 0 bridgehead atoms. The van der Waals surface area contributed by atoms with Crippen LogP contribution in [0.4, 0.5) is 14.5 Å². The molecule has 138 valence electrons. The molecular formula is C18H18F2N2O4. The summed E-state index contributed by atoms with van der Waals surface area (Å²) in [7, 11) is 0. The number of rotatable bonds is 8. The van der Waals surface area contributed by atoms with Gasteiger partial charge in [-0.05, 0) is 55.5 Å². The summed E-state index contributed by atoms with van der Waals surface area (Å²) >= 11 is 0. The van der Waals surface area contributed by atoms with Gasteiger partial charge in [0, 0.05) is 17.8 Å². The predicted molar refractivity (Wildman–Crippen MR) is 91.6 cm³/mol. The summed E-state index contributed by atoms with van der Waals surface area (Å²) in [4.78, 5) is 23.5. The van der Waals surface area contributed by atoms with Gasteiger partial charge in [-0.15, -0.1) is 0 Å². The average molecular weight is 364 g/mol. The first-order valence-electron chi connectivity index (χ1n) is 7.83. The van der Waals surface area contributed by atoms with Gasteiger partial charge in [-0.25, -0.2) is 0 Å². The molecule has 0 fully saturated rings. The first kappa shape index (κ1) is 19.2. The fourth-order valence-corrected chi connectivity index (χ4v) is 2.02. The molecule has 0 aliphatic carbocycles. The van der Waals surface area contributed by atoms with Gasteiger partial charge in [0.2, 0.25) is 0 Å². The standard InChI is InChI=1S/C18H18F2N2O4/c1-2-21-16(23)11-25-14-9-5-13(6-10-14)22-17(24)12-3-7-15(8-4-12)26-18(19)20/h3-10,18H,2,11H2,1H3,(H,21,23)(H,22,24). The lowest BCUT2D eigenvalue weighted by Crippen LogP contribution is -2.28. The van der Waals surface area contributed by atoms with Gasteiger partial charge in [0.05, 0.1) is 0 Å². The van der Waals surface area contributed by atoms with Crippen LogP contribution in [0.3, 0.4) is 0 Å². The monoisotopic (exact) mass is 364 g/mol. The number of halogens is 2. The maximum Gasteiger partial charge on any atom is 0.387 e. The van der Waals surface area contributed by atoms with E-state index in [9.17, 15) is 18.4 Å². The Balaban J connectivity index is 1.89. The second kappa shape index (κ2) is 9.36. The number of ether oxygens (including phenoxy) is 2. The summed E-state index contributed by atoms with van der Waals surface area (Å²) in [5, 5.41) is 5.28. The third-order valence-corrected chi connectivity index (χ3v) is 3.20. The lowest BCUT2D eigenvalue weighted by Gasteiger charge is -2.09. The summed E-state index contributed by atoms with van der Waals surface area (Å²) < 4.78 is 33.7. The number of nitrogens with one attached hydrogen (secondary N) is 2. The normalized spacial score (nSPS) is 10.3. The lowest BCUT2D eigenvalue weighted by molar-refractivity contribution is -0.122. The van der Waals surface area contributed by atoms with E-state index >= 15 is 0 Å². The molecule has 0 unspecified atom stereocenters. The molecule has 0 aromatic heterocycles. The molecule has 2 rings (SSSR count). The van der Waals surface area contributed by atoms with Gasteiger partial charge >= 0.3 is 6.61 Å². The fourth-order valence-electron chi connectivity index (χ4n) is 2.02. The number of anilines is 1. The smallest absolute Gasteiger partial charge is 0.387 e. The number of hydrogen-bond acceptors (Lipinski definition) is 4. The van der Waals surface area contributed by atoms with E-state index in [1.54, 1.807) is 24.3 Å². The van der Waals surface area contributed by atoms with E-state index in [-0.39, 0.29) is 18.3 Å². The highest BCUT2D eigenvalue weighted by Gasteiger charge is 2.09. The maximum absolute atomic E-state index is 12.1. The van der Waals surface area contributed by atoms with Crippen molar-refractivity contribution in [2.24, 2.45) is 0 Å². The van der Waals surface area contributed by atoms with E-state index < -0.39 is 12.5 Å². The van der Waals surface area contributed by atoms with Crippen molar-refractivity contribution < 1.29 is 27.8 Å². The molecule has 0 atom stereocenters. The van der Waals surface area contributed by atoms with Crippen LogP contribution >= 0.6 is 0 Å². The summed E-state index contributed by atoms with van der Waals surface area (Å²) in [6, 6.07) is 11.8. The van der Waals surface area contributed by atoms with E-state index in [0.717, 1.165) is 0 Å². The number of carbonyl (C=O) groups excluding carboxylic acids is 2. The van der Waals surface area contributed by atoms with Crippen molar-refractivity contribution in [2.45, 2.75) is 13.5 Å². The Kier molecular flexibility index (Phi) is 6.90. The fraction of sp³-hybridized carbons (Fsp3) is 0.222. The maximum atomic E-state index is 12.1. The Bertz CT molecular complexity index is 734. The molecule has 2 N–H and O–H groups in total. The number of benzene rings is 2. The quantitative estimate of drug-likeness (QED) is 0.755. The molecule has 0 saturated carbocycles. The van der Waals surface area contributed by atoms with Crippen molar-refractivity contribution in [2.75, 3.05) is 18.5 Å². The molecule has 2 aromatic rings. The van der Waals surface area contributed by atoms with Gasteiger partial charge in [-0.1, -0.05) is 0 Å². The van der Waals surface area contributed by atoms with Gasteiger partial charge < -0.3 is 20.1 Å². The van der Waals surface area contributed by atoms with Gasteiger partial charge in [0.25, 0.3) is 11.8 Å². The van der Waals surface area contributed by atoms with Crippen LogP contribution in [0.25, 0.3) is 0 Å². The number of hydrogen-bond donors (Lipinski definition) is 2. The van der Waals surface area contributed by atoms with E-state index in [0.29, 0.717) is 23.5 Å². The van der Waals surface area contributed by atoms with Crippen LogP contribution in [0.15, 0.2) is 48.5 Å². The van der Waals surface area contributed by atoms with Gasteiger partial charge in [0.1, 0.15) is 11.5 Å². The van der Waals surface area contributed by atoms with Crippen LogP contribution in [-0.2, 0) is 4.79 Å². The van der Waals surface area contributed by atoms with Crippen LogP contribution in [0, 0.1) is 0 Å². The van der Waals surface area contributed by atoms with Gasteiger partial charge in [0.15, 0.2) is 6.61 Å². The summed E-state index contributed by atoms with van der Waals surface area (Å²) in [6.45, 7) is -0.660. The average Bonchev–Trinajstić information content (AvgIpc) is 2.61. The Morgan fingerprint density at radius 3 is 2.19 bits per heavy atom. The van der Waals surface area contributed by atoms with Crippen molar-refractivity contribution >= 4 is 17.5 Å². The van der Waals surface area contributed by atoms with Crippen LogP contribution in [0.2, 0.25) is 0 Å². The second-order valence-corrected chi connectivity index (χ2v) is 5.12. The van der Waals surface area contributed by atoms with Crippen molar-refractivity contribution in [3.05, 3.63) is 54.1 Å². The van der Waals surface area contributed by atoms with E-state index in [4.69, 9.17) is 4.74 Å². The van der Waals surface area contributed by atoms with Crippen LogP contribution in [0.1, 0.15) is 17.3 Å². The minimum Gasteiger partial charge on any atom is -0.484 e. The van der Waals surface area contributed by atoms with Crippen molar-refractivity contribution in [1.29, 1.82) is 0 Å². The summed E-state index contributed by atoms with van der Waals surface area (Å²) in [6.07, 6.45) is 0. The number of alkyl halides is 2. The summed E-state index contributed by atoms with van der Waals surface area (Å²) in [5.41, 5.74) is 0.816. The molecule has 26 heavy (non-hydrogen) atoms. The minimum atomic E-state index is -2.91. The van der Waals surface area contributed by atoms with Crippen molar-refractivity contribution in [3.63, 3.8) is 0 Å². The number of likely N-dealkylation sites (N-methyl/N-ethyl adjacent to an activating group) is 1. The molecule has 0 aliphatic heterocycles. The molecule has 8 heteroatoms. The van der Waals surface area contributed by atoms with Crippen LogP contribution in [-0.4, -0.2) is 31.6 Å². The minimum absolute atomic E-state index is 0.0230. The number of carbonyl (C=O) groups is 2. The molecule has 0 saturated heterocycles. The molecule has 0 spiro atoms. The highest BCUT2D eigenvalue weighted by molar-refractivity contribution is 6.04. The Labute approximate surface area is 149 Å². The van der Waals surface area contributed by atoms with Crippen LogP contribution < -0.4 is 20.1 Å². The molecular weight excluding hydrogens is 346 g/mol. The molecule has 2 amide bonds. The Hall–Kier alpha value is -3.16. The third-order valence-electron chi connectivity index (χ3n) is 3.20. The first-order valence-corrected chi connectivity index (χ1v) is 7.83. The van der Waals surface area contributed by atoms with Crippen LogP contribution in [0.5, 0.6) is 11.5 Å². The first-order chi connectivity index (χ1) is 12.5. The lowest BCUT2D eigenvalue weighted by atomic mass is 10.2. The zero-order valence-corrected chi connectivity index (χ0v) is 14.0. The van der Waals surface area contributed by atoms with Crippen molar-refractivity contribution in [1.82, 2.24) is 5.32 Å². The molecule has 0 heterocycles. The summed E-state index contributed by atoms with van der Waals surface area (Å²) in [5.74, 6) is -0.151. The van der Waals surface area contributed by atoms with Crippen molar-refractivity contribution in [3.8, 4) is 11.5 Å². The molecule has 6 nitrogen and oxygen atoms in total. The van der Waals surface area contributed by atoms with Gasteiger partial charge in [-0.2, -0.15) is 8.78 Å². The highest BCUT2D eigenvalue weighted by Crippen LogP contribution is 2.18. The Morgan fingerprint density at radius 1 is 1.00 bits per heavy atom. The van der Waals surface area contributed by atoms with E-state index in [1.807, 2.05) is 6.92 Å². The molecule has 2 aromatic carbocycles. The Morgan fingerprint density at radius 2 is 1.62 bits per heavy atom. The largest absolute Gasteiger partial charge is 0.484 e. The van der Waals surface area contributed by atoms with E-state index in [2.05, 4.69) is 15.4 Å². The van der Waals surface area contributed by atoms with Gasteiger partial charge in [-0.3, -0.25) is 9.59 Å².